The lowest BCUT2D eigenvalue weighted by Gasteiger charge is -2.34. The van der Waals surface area contributed by atoms with Gasteiger partial charge in [0.2, 0.25) is 0 Å². The first kappa shape index (κ1) is 7.73. The van der Waals surface area contributed by atoms with E-state index in [-0.39, 0.29) is 0 Å². The minimum atomic E-state index is 1.09. The van der Waals surface area contributed by atoms with Gasteiger partial charge in [-0.1, -0.05) is 19.3 Å². The monoisotopic (exact) mass is 182 g/mol. The second-order valence-corrected chi connectivity index (χ2v) is 6.23. The molecule has 1 aliphatic heterocycles. The molecule has 0 nitrogen and oxygen atoms in total. The van der Waals surface area contributed by atoms with Crippen LogP contribution in [0.2, 0.25) is 0 Å². The lowest BCUT2D eigenvalue weighted by Crippen LogP contribution is -2.27. The van der Waals surface area contributed by atoms with Crippen molar-refractivity contribution in [2.75, 3.05) is 5.75 Å². The number of rotatable bonds is 0. The summed E-state index contributed by atoms with van der Waals surface area (Å²) >= 11 is 2.28. The van der Waals surface area contributed by atoms with Gasteiger partial charge in [0.05, 0.1) is 0 Å². The average Bonchev–Trinajstić information content (AvgIpc) is 2.64. The third-order valence-corrected chi connectivity index (χ3v) is 5.78. The molecule has 0 spiro atoms. The van der Waals surface area contributed by atoms with Crippen molar-refractivity contribution in [3.8, 4) is 0 Å². The van der Waals surface area contributed by atoms with E-state index in [1.165, 1.54) is 5.75 Å². The van der Waals surface area contributed by atoms with Crippen LogP contribution in [0.1, 0.15) is 38.5 Å². The van der Waals surface area contributed by atoms with Crippen LogP contribution < -0.4 is 0 Å². The molecular weight excluding hydrogens is 164 g/mol. The van der Waals surface area contributed by atoms with Gasteiger partial charge in [-0.2, -0.15) is 11.8 Å². The number of hydrogen-bond acceptors (Lipinski definition) is 1. The lowest BCUT2D eigenvalue weighted by atomic mass is 9.75. The Kier molecular flexibility index (Phi) is 1.89. The van der Waals surface area contributed by atoms with Gasteiger partial charge in [0.25, 0.3) is 0 Å². The highest BCUT2D eigenvalue weighted by Gasteiger charge is 2.41. The molecule has 68 valence electrons. The minimum absolute atomic E-state index is 1.09. The molecule has 3 aliphatic rings. The lowest BCUT2D eigenvalue weighted by molar-refractivity contribution is 0.220. The summed E-state index contributed by atoms with van der Waals surface area (Å²) in [6.07, 6.45) is 9.40. The van der Waals surface area contributed by atoms with Gasteiger partial charge < -0.3 is 0 Å². The summed E-state index contributed by atoms with van der Waals surface area (Å²) in [4.78, 5) is 0. The molecule has 0 radical (unpaired) electrons. The molecule has 3 rings (SSSR count). The summed E-state index contributed by atoms with van der Waals surface area (Å²) in [5, 5.41) is 1.09. The maximum atomic E-state index is 2.28. The van der Waals surface area contributed by atoms with Crippen LogP contribution in [0, 0.1) is 17.8 Å². The van der Waals surface area contributed by atoms with E-state index in [0.717, 1.165) is 23.0 Å². The highest BCUT2D eigenvalue weighted by Crippen LogP contribution is 2.51. The van der Waals surface area contributed by atoms with E-state index in [1.54, 1.807) is 38.5 Å². The van der Waals surface area contributed by atoms with Crippen molar-refractivity contribution in [2.24, 2.45) is 17.8 Å². The first-order valence-electron chi connectivity index (χ1n) is 5.55. The van der Waals surface area contributed by atoms with E-state index in [0.29, 0.717) is 0 Å². The summed E-state index contributed by atoms with van der Waals surface area (Å²) in [5.41, 5.74) is 0. The van der Waals surface area contributed by atoms with Crippen molar-refractivity contribution in [2.45, 2.75) is 43.8 Å². The third-order valence-electron chi connectivity index (χ3n) is 4.30. The summed E-state index contributed by atoms with van der Waals surface area (Å²) < 4.78 is 0. The van der Waals surface area contributed by atoms with Crippen molar-refractivity contribution < 1.29 is 0 Å². The molecule has 1 saturated heterocycles. The van der Waals surface area contributed by atoms with E-state index >= 15 is 0 Å². The molecule has 12 heavy (non-hydrogen) atoms. The number of fused-ring (bicyclic) bond motifs is 2. The Hall–Kier alpha value is 0.350. The molecule has 0 amide bonds. The van der Waals surface area contributed by atoms with Crippen LogP contribution in [0.4, 0.5) is 0 Å². The Morgan fingerprint density at radius 2 is 1.67 bits per heavy atom. The number of thioether (sulfide) groups is 1. The van der Waals surface area contributed by atoms with Gasteiger partial charge in [0, 0.05) is 5.25 Å². The Labute approximate surface area is 79.5 Å². The predicted octanol–water partition coefficient (Wildman–Crippen LogP) is 3.32. The van der Waals surface area contributed by atoms with Crippen molar-refractivity contribution in [1.82, 2.24) is 0 Å². The molecule has 0 N–H and O–H groups in total. The van der Waals surface area contributed by atoms with Crippen LogP contribution in [0.3, 0.4) is 0 Å². The quantitative estimate of drug-likeness (QED) is 0.554. The molecule has 3 fully saturated rings. The molecule has 0 aromatic rings. The Balaban J connectivity index is 1.75. The highest BCUT2D eigenvalue weighted by atomic mass is 32.2. The van der Waals surface area contributed by atoms with Gasteiger partial charge in [-0.25, -0.2) is 0 Å². The van der Waals surface area contributed by atoms with Gasteiger partial charge >= 0.3 is 0 Å². The standard InChI is InChI=1S/C11H18S/c1-2-8-6-10-4-5-12-11(10)7-9(8)3-1/h8-11H,1-7H2. The molecule has 0 aromatic carbocycles. The van der Waals surface area contributed by atoms with E-state index in [1.807, 2.05) is 0 Å². The van der Waals surface area contributed by atoms with Crippen LogP contribution in [0.15, 0.2) is 0 Å². The maximum absolute atomic E-state index is 2.28. The Morgan fingerprint density at radius 3 is 2.58 bits per heavy atom. The van der Waals surface area contributed by atoms with Gasteiger partial charge in [-0.05, 0) is 42.8 Å². The van der Waals surface area contributed by atoms with E-state index in [2.05, 4.69) is 11.8 Å². The topological polar surface area (TPSA) is 0 Å². The first-order valence-corrected chi connectivity index (χ1v) is 6.60. The first-order chi connectivity index (χ1) is 5.93. The summed E-state index contributed by atoms with van der Waals surface area (Å²) in [7, 11) is 0. The fourth-order valence-electron chi connectivity index (χ4n) is 3.64. The Bertz CT molecular complexity index is 142. The molecule has 2 aliphatic carbocycles. The van der Waals surface area contributed by atoms with Crippen LogP contribution in [0.25, 0.3) is 0 Å². The molecule has 0 aromatic heterocycles. The third kappa shape index (κ3) is 1.13. The SMILES string of the molecule is C1CC2CC3CCSC3CC2C1. The zero-order valence-corrected chi connectivity index (χ0v) is 8.48. The number of hydrogen-bond donors (Lipinski definition) is 0. The van der Waals surface area contributed by atoms with E-state index in [9.17, 15) is 0 Å². The average molecular weight is 182 g/mol. The minimum Gasteiger partial charge on any atom is -0.158 e. The fraction of sp³-hybridized carbons (Fsp3) is 1.00. The van der Waals surface area contributed by atoms with Crippen LogP contribution in [-0.2, 0) is 0 Å². The Morgan fingerprint density at radius 1 is 0.833 bits per heavy atom. The van der Waals surface area contributed by atoms with Gasteiger partial charge in [0.1, 0.15) is 0 Å². The molecule has 2 saturated carbocycles. The van der Waals surface area contributed by atoms with E-state index in [4.69, 9.17) is 0 Å². The van der Waals surface area contributed by atoms with Crippen LogP contribution >= 0.6 is 11.8 Å². The van der Waals surface area contributed by atoms with Crippen molar-refractivity contribution in [3.05, 3.63) is 0 Å². The van der Waals surface area contributed by atoms with Crippen LogP contribution in [0.5, 0.6) is 0 Å². The predicted molar refractivity (Wildman–Crippen MR) is 54.4 cm³/mol. The largest absolute Gasteiger partial charge is 0.158 e. The summed E-state index contributed by atoms with van der Waals surface area (Å²) in [5.74, 6) is 4.91. The molecule has 0 bridgehead atoms. The summed E-state index contributed by atoms with van der Waals surface area (Å²) in [6.45, 7) is 0. The normalized spacial score (nSPS) is 52.0. The molecule has 1 heteroatoms. The zero-order valence-electron chi connectivity index (χ0n) is 7.67. The molecular formula is C11H18S. The van der Waals surface area contributed by atoms with Crippen molar-refractivity contribution in [3.63, 3.8) is 0 Å². The zero-order chi connectivity index (χ0) is 7.97. The second kappa shape index (κ2) is 2.94. The van der Waals surface area contributed by atoms with Crippen molar-refractivity contribution >= 4 is 11.8 Å². The maximum Gasteiger partial charge on any atom is 0.00784 e. The molecule has 1 heterocycles. The fourth-order valence-corrected chi connectivity index (χ4v) is 5.29. The highest BCUT2D eigenvalue weighted by molar-refractivity contribution is 8.00. The second-order valence-electron chi connectivity index (χ2n) is 4.88. The van der Waals surface area contributed by atoms with Crippen molar-refractivity contribution in [1.29, 1.82) is 0 Å². The summed E-state index contributed by atoms with van der Waals surface area (Å²) in [6, 6.07) is 0. The van der Waals surface area contributed by atoms with Gasteiger partial charge in [-0.3, -0.25) is 0 Å². The van der Waals surface area contributed by atoms with Gasteiger partial charge in [-0.15, -0.1) is 0 Å². The molecule has 4 unspecified atom stereocenters. The van der Waals surface area contributed by atoms with Crippen LogP contribution in [-0.4, -0.2) is 11.0 Å². The smallest absolute Gasteiger partial charge is 0.00784 e. The molecule has 4 atom stereocenters. The van der Waals surface area contributed by atoms with E-state index < -0.39 is 0 Å². The van der Waals surface area contributed by atoms with Gasteiger partial charge in [0.15, 0.2) is 0 Å².